The first-order valence-corrected chi connectivity index (χ1v) is 7.38. The van der Waals surface area contributed by atoms with E-state index in [1.54, 1.807) is 0 Å². The van der Waals surface area contributed by atoms with Crippen LogP contribution >= 0.6 is 15.9 Å². The lowest BCUT2D eigenvalue weighted by molar-refractivity contribution is 0.449. The molecule has 2 heteroatoms. The lowest BCUT2D eigenvalue weighted by Crippen LogP contribution is -2.22. The lowest BCUT2D eigenvalue weighted by atomic mass is 9.87. The van der Waals surface area contributed by atoms with Gasteiger partial charge >= 0.3 is 0 Å². The van der Waals surface area contributed by atoms with Gasteiger partial charge in [-0.25, -0.2) is 0 Å². The molecule has 0 amide bonds. The van der Waals surface area contributed by atoms with Gasteiger partial charge in [-0.2, -0.15) is 0 Å². The minimum atomic E-state index is 0.648. The second-order valence-corrected chi connectivity index (χ2v) is 6.47. The summed E-state index contributed by atoms with van der Waals surface area (Å²) in [6.45, 7) is 2.36. The van der Waals surface area contributed by atoms with Crippen LogP contribution in [0.3, 0.4) is 0 Å². The van der Waals surface area contributed by atoms with Crippen LogP contribution in [0.15, 0.2) is 4.99 Å². The molecule has 1 atom stereocenters. The van der Waals surface area contributed by atoms with Gasteiger partial charge in [-0.15, -0.1) is 0 Å². The maximum atomic E-state index is 5.01. The number of alkyl halides is 1. The Hall–Kier alpha value is 0.150. The summed E-state index contributed by atoms with van der Waals surface area (Å²) in [6.07, 6.45) is 10.7. The minimum Gasteiger partial charge on any atom is -0.291 e. The second kappa shape index (κ2) is 5.47. The molecule has 2 aliphatic rings. The molecule has 0 radical (unpaired) electrons. The van der Waals surface area contributed by atoms with Crippen LogP contribution in [0.2, 0.25) is 0 Å². The molecule has 2 saturated carbocycles. The Morgan fingerprint density at radius 1 is 1.07 bits per heavy atom. The average Bonchev–Trinajstić information content (AvgIpc) is 2.25. The van der Waals surface area contributed by atoms with E-state index in [-0.39, 0.29) is 0 Å². The zero-order chi connectivity index (χ0) is 10.7. The van der Waals surface area contributed by atoms with Crippen LogP contribution in [0.5, 0.6) is 0 Å². The highest BCUT2D eigenvalue weighted by atomic mass is 79.9. The third-order valence-electron chi connectivity index (χ3n) is 3.86. The van der Waals surface area contributed by atoms with E-state index in [0.29, 0.717) is 6.04 Å². The standard InChI is InChI=1S/C13H22BrN/c1-10-4-2-3-5-13(10)15-12-8-6-11(14)7-9-12/h10-12H,2-9H2,1H3. The third kappa shape index (κ3) is 3.30. The molecule has 0 aliphatic heterocycles. The van der Waals surface area contributed by atoms with Crippen LogP contribution in [0.1, 0.15) is 58.3 Å². The lowest BCUT2D eigenvalue weighted by Gasteiger charge is -2.26. The van der Waals surface area contributed by atoms with Gasteiger partial charge in [-0.1, -0.05) is 29.3 Å². The van der Waals surface area contributed by atoms with Crippen LogP contribution in [0.4, 0.5) is 0 Å². The van der Waals surface area contributed by atoms with Crippen molar-refractivity contribution in [3.8, 4) is 0 Å². The smallest absolute Gasteiger partial charge is 0.0499 e. The summed E-state index contributed by atoms with van der Waals surface area (Å²) in [7, 11) is 0. The first-order valence-electron chi connectivity index (χ1n) is 6.46. The molecule has 0 bridgehead atoms. The molecular weight excluding hydrogens is 250 g/mol. The highest BCUT2D eigenvalue weighted by Gasteiger charge is 2.21. The Labute approximate surface area is 102 Å². The van der Waals surface area contributed by atoms with E-state index in [4.69, 9.17) is 4.99 Å². The van der Waals surface area contributed by atoms with E-state index in [9.17, 15) is 0 Å². The number of aliphatic imine (C=N–C) groups is 1. The monoisotopic (exact) mass is 271 g/mol. The van der Waals surface area contributed by atoms with E-state index in [1.807, 2.05) is 0 Å². The average molecular weight is 272 g/mol. The fourth-order valence-electron chi connectivity index (χ4n) is 2.76. The molecule has 86 valence electrons. The quantitative estimate of drug-likeness (QED) is 0.629. The van der Waals surface area contributed by atoms with Crippen molar-refractivity contribution in [2.75, 3.05) is 0 Å². The van der Waals surface area contributed by atoms with Crippen LogP contribution < -0.4 is 0 Å². The summed E-state index contributed by atoms with van der Waals surface area (Å²) < 4.78 is 0. The molecule has 1 unspecified atom stereocenters. The number of nitrogens with zero attached hydrogens (tertiary/aromatic N) is 1. The summed E-state index contributed by atoms with van der Waals surface area (Å²) in [4.78, 5) is 5.77. The minimum absolute atomic E-state index is 0.648. The molecule has 1 nitrogen and oxygen atoms in total. The molecule has 0 aromatic heterocycles. The first kappa shape index (κ1) is 11.6. The molecule has 2 rings (SSSR count). The maximum absolute atomic E-state index is 5.01. The van der Waals surface area contributed by atoms with Crippen molar-refractivity contribution in [3.05, 3.63) is 0 Å². The van der Waals surface area contributed by atoms with E-state index in [1.165, 1.54) is 57.1 Å². The number of hydrogen-bond donors (Lipinski definition) is 0. The highest BCUT2D eigenvalue weighted by molar-refractivity contribution is 9.09. The molecular formula is C13H22BrN. The van der Waals surface area contributed by atoms with Gasteiger partial charge in [0, 0.05) is 16.6 Å². The number of halogens is 1. The van der Waals surface area contributed by atoms with Crippen LogP contribution in [0, 0.1) is 5.92 Å². The van der Waals surface area contributed by atoms with Crippen molar-refractivity contribution in [1.82, 2.24) is 0 Å². The molecule has 0 saturated heterocycles. The van der Waals surface area contributed by atoms with Crippen LogP contribution in [0.25, 0.3) is 0 Å². The Balaban J connectivity index is 1.90. The molecule has 0 aromatic carbocycles. The molecule has 2 aliphatic carbocycles. The molecule has 15 heavy (non-hydrogen) atoms. The van der Waals surface area contributed by atoms with Crippen molar-refractivity contribution in [3.63, 3.8) is 0 Å². The maximum Gasteiger partial charge on any atom is 0.0499 e. The van der Waals surface area contributed by atoms with Gasteiger partial charge in [-0.3, -0.25) is 4.99 Å². The largest absolute Gasteiger partial charge is 0.291 e. The van der Waals surface area contributed by atoms with Crippen molar-refractivity contribution in [2.45, 2.75) is 69.2 Å². The van der Waals surface area contributed by atoms with Gasteiger partial charge in [-0.05, 0) is 50.9 Å². The Morgan fingerprint density at radius 2 is 1.80 bits per heavy atom. The SMILES string of the molecule is CC1CCCCC1=NC1CCC(Br)CC1. The van der Waals surface area contributed by atoms with Gasteiger partial charge in [0.1, 0.15) is 0 Å². The first-order chi connectivity index (χ1) is 7.25. The Kier molecular flexibility index (Phi) is 4.24. The number of rotatable bonds is 1. The summed E-state index contributed by atoms with van der Waals surface area (Å²) in [5.74, 6) is 0.764. The van der Waals surface area contributed by atoms with Crippen molar-refractivity contribution >= 4 is 21.6 Å². The van der Waals surface area contributed by atoms with Gasteiger partial charge in [0.15, 0.2) is 0 Å². The molecule has 0 aromatic rings. The summed E-state index contributed by atoms with van der Waals surface area (Å²) in [5.41, 5.74) is 1.53. The zero-order valence-electron chi connectivity index (χ0n) is 9.71. The van der Waals surface area contributed by atoms with E-state index >= 15 is 0 Å². The Bertz CT molecular complexity index is 229. The normalized spacial score (nSPS) is 40.7. The summed E-state index contributed by atoms with van der Waals surface area (Å²) >= 11 is 3.70. The molecule has 0 spiro atoms. The predicted molar refractivity (Wildman–Crippen MR) is 70.0 cm³/mol. The third-order valence-corrected chi connectivity index (χ3v) is 4.78. The number of hydrogen-bond acceptors (Lipinski definition) is 1. The van der Waals surface area contributed by atoms with Gasteiger partial charge in [0.2, 0.25) is 0 Å². The van der Waals surface area contributed by atoms with Gasteiger partial charge in [0.25, 0.3) is 0 Å². The zero-order valence-corrected chi connectivity index (χ0v) is 11.3. The molecule has 0 heterocycles. The molecule has 0 N–H and O–H groups in total. The molecule has 2 fully saturated rings. The van der Waals surface area contributed by atoms with E-state index < -0.39 is 0 Å². The highest BCUT2D eigenvalue weighted by Crippen LogP contribution is 2.28. The van der Waals surface area contributed by atoms with Crippen molar-refractivity contribution < 1.29 is 0 Å². The van der Waals surface area contributed by atoms with E-state index in [0.717, 1.165) is 10.7 Å². The van der Waals surface area contributed by atoms with Crippen LogP contribution in [-0.2, 0) is 0 Å². The topological polar surface area (TPSA) is 12.4 Å². The Morgan fingerprint density at radius 3 is 2.47 bits per heavy atom. The van der Waals surface area contributed by atoms with Gasteiger partial charge in [0.05, 0.1) is 0 Å². The predicted octanol–water partition coefficient (Wildman–Crippen LogP) is 4.34. The van der Waals surface area contributed by atoms with Crippen molar-refractivity contribution in [1.29, 1.82) is 0 Å². The van der Waals surface area contributed by atoms with Crippen molar-refractivity contribution in [2.24, 2.45) is 10.9 Å². The second-order valence-electron chi connectivity index (χ2n) is 5.17. The summed E-state index contributed by atoms with van der Waals surface area (Å²) in [6, 6.07) is 0.648. The van der Waals surface area contributed by atoms with Gasteiger partial charge < -0.3 is 0 Å². The van der Waals surface area contributed by atoms with Crippen LogP contribution in [-0.4, -0.2) is 16.6 Å². The fourth-order valence-corrected chi connectivity index (χ4v) is 3.29. The van der Waals surface area contributed by atoms with E-state index in [2.05, 4.69) is 22.9 Å². The fraction of sp³-hybridized carbons (Fsp3) is 0.923. The summed E-state index contributed by atoms with van der Waals surface area (Å²) in [5, 5.41) is 0.